The minimum absolute atomic E-state index is 0.0953. The van der Waals surface area contributed by atoms with Gasteiger partial charge >= 0.3 is 6.03 Å². The van der Waals surface area contributed by atoms with E-state index in [4.69, 9.17) is 4.52 Å². The van der Waals surface area contributed by atoms with Gasteiger partial charge in [0.2, 0.25) is 0 Å². The van der Waals surface area contributed by atoms with Gasteiger partial charge in [0.15, 0.2) is 5.82 Å². The molecule has 3 amide bonds. The first kappa shape index (κ1) is 23.6. The predicted octanol–water partition coefficient (Wildman–Crippen LogP) is 4.51. The Bertz CT molecular complexity index is 1290. The van der Waals surface area contributed by atoms with Crippen molar-refractivity contribution < 1.29 is 18.5 Å². The lowest BCUT2D eigenvalue weighted by atomic mass is 10.1. The summed E-state index contributed by atoms with van der Waals surface area (Å²) in [7, 11) is 1.69. The Balaban J connectivity index is 1.29. The number of rotatable bonds is 8. The van der Waals surface area contributed by atoms with Crippen LogP contribution in [0.1, 0.15) is 21.7 Å². The van der Waals surface area contributed by atoms with Gasteiger partial charge in [0.25, 0.3) is 11.8 Å². The molecule has 178 valence electrons. The van der Waals surface area contributed by atoms with Crippen LogP contribution < -0.4 is 10.6 Å². The fraction of sp³-hybridized carbons (Fsp3) is 0.154. The van der Waals surface area contributed by atoms with Crippen molar-refractivity contribution in [2.24, 2.45) is 0 Å². The van der Waals surface area contributed by atoms with E-state index in [0.717, 1.165) is 5.69 Å². The number of para-hydroxylation sites is 1. The summed E-state index contributed by atoms with van der Waals surface area (Å²) in [6, 6.07) is 21.9. The Morgan fingerprint density at radius 3 is 2.43 bits per heavy atom. The molecule has 0 radical (unpaired) electrons. The maximum Gasteiger partial charge on any atom is 0.321 e. The van der Waals surface area contributed by atoms with Crippen molar-refractivity contribution >= 4 is 17.6 Å². The summed E-state index contributed by atoms with van der Waals surface area (Å²) >= 11 is 0. The van der Waals surface area contributed by atoms with Gasteiger partial charge in [-0.05, 0) is 42.5 Å². The van der Waals surface area contributed by atoms with E-state index < -0.39 is 0 Å². The first-order chi connectivity index (χ1) is 17.0. The van der Waals surface area contributed by atoms with Crippen molar-refractivity contribution in [3.63, 3.8) is 0 Å². The van der Waals surface area contributed by atoms with E-state index in [2.05, 4.69) is 20.8 Å². The van der Waals surface area contributed by atoms with Gasteiger partial charge in [-0.1, -0.05) is 41.6 Å². The number of hydrogen-bond acceptors (Lipinski definition) is 5. The molecule has 0 fully saturated rings. The number of urea groups is 1. The van der Waals surface area contributed by atoms with Crippen LogP contribution in [0.25, 0.3) is 11.5 Å². The van der Waals surface area contributed by atoms with E-state index in [1.54, 1.807) is 49.5 Å². The van der Waals surface area contributed by atoms with E-state index in [-0.39, 0.29) is 24.3 Å². The molecule has 9 heteroatoms. The monoisotopic (exact) mass is 473 g/mol. The van der Waals surface area contributed by atoms with E-state index >= 15 is 0 Å². The predicted molar refractivity (Wildman–Crippen MR) is 129 cm³/mol. The summed E-state index contributed by atoms with van der Waals surface area (Å²) in [5, 5.41) is 9.50. The SMILES string of the molecule is CN(CCc1noc(-c2ccc(C(=O)NCc3ccccc3F)cc2)n1)C(=O)Nc1ccccc1. The minimum atomic E-state index is -0.363. The third-order valence-corrected chi connectivity index (χ3v) is 5.30. The molecule has 0 aliphatic rings. The van der Waals surface area contributed by atoms with Crippen molar-refractivity contribution in [2.45, 2.75) is 13.0 Å². The summed E-state index contributed by atoms with van der Waals surface area (Å²) in [6.07, 6.45) is 0.415. The highest BCUT2D eigenvalue weighted by atomic mass is 19.1. The molecule has 0 saturated carbocycles. The van der Waals surface area contributed by atoms with Gasteiger partial charge in [0.1, 0.15) is 5.82 Å². The van der Waals surface area contributed by atoms with Gasteiger partial charge in [-0.3, -0.25) is 4.79 Å². The standard InChI is InChI=1S/C26H24FN5O3/c1-32(26(34)29-21-8-3-2-4-9-21)16-15-23-30-25(35-31-23)19-13-11-18(12-14-19)24(33)28-17-20-7-5-6-10-22(20)27/h2-14H,15-17H2,1H3,(H,28,33)(H,29,34). The Kier molecular flexibility index (Phi) is 7.47. The van der Waals surface area contributed by atoms with Gasteiger partial charge in [-0.2, -0.15) is 4.98 Å². The molecule has 0 aliphatic heterocycles. The quantitative estimate of drug-likeness (QED) is 0.392. The normalized spacial score (nSPS) is 10.6. The van der Waals surface area contributed by atoms with Crippen LogP contribution in [-0.2, 0) is 13.0 Å². The first-order valence-electron chi connectivity index (χ1n) is 11.0. The molecular formula is C26H24FN5O3. The highest BCUT2D eigenvalue weighted by molar-refractivity contribution is 5.94. The van der Waals surface area contributed by atoms with E-state index in [1.807, 2.05) is 30.3 Å². The van der Waals surface area contributed by atoms with Gasteiger partial charge in [-0.25, -0.2) is 9.18 Å². The summed E-state index contributed by atoms with van der Waals surface area (Å²) in [5.41, 5.74) is 2.22. The molecule has 3 aromatic carbocycles. The topological polar surface area (TPSA) is 100 Å². The zero-order valence-corrected chi connectivity index (χ0v) is 19.1. The molecule has 0 atom stereocenters. The number of anilines is 1. The molecule has 8 nitrogen and oxygen atoms in total. The zero-order valence-electron chi connectivity index (χ0n) is 19.1. The van der Waals surface area contributed by atoms with Gasteiger partial charge in [0.05, 0.1) is 0 Å². The summed E-state index contributed by atoms with van der Waals surface area (Å²) < 4.78 is 19.1. The van der Waals surface area contributed by atoms with Crippen LogP contribution in [0.3, 0.4) is 0 Å². The van der Waals surface area contributed by atoms with Crippen molar-refractivity contribution in [2.75, 3.05) is 18.9 Å². The first-order valence-corrected chi connectivity index (χ1v) is 11.0. The molecule has 4 aromatic rings. The molecule has 0 saturated heterocycles. The second-order valence-electron chi connectivity index (χ2n) is 7.83. The average molecular weight is 474 g/mol. The van der Waals surface area contributed by atoms with Gasteiger partial charge < -0.3 is 20.1 Å². The minimum Gasteiger partial charge on any atom is -0.348 e. The Labute approximate surface area is 201 Å². The zero-order chi connectivity index (χ0) is 24.6. The molecule has 0 unspecified atom stereocenters. The smallest absolute Gasteiger partial charge is 0.321 e. The molecule has 0 spiro atoms. The second-order valence-corrected chi connectivity index (χ2v) is 7.83. The van der Waals surface area contributed by atoms with Crippen LogP contribution in [0, 0.1) is 5.82 Å². The molecule has 0 aliphatic carbocycles. The van der Waals surface area contributed by atoms with E-state index in [9.17, 15) is 14.0 Å². The number of carbonyl (C=O) groups is 2. The molecule has 35 heavy (non-hydrogen) atoms. The number of hydrogen-bond donors (Lipinski definition) is 2. The molecule has 1 heterocycles. The number of nitrogens with zero attached hydrogens (tertiary/aromatic N) is 3. The lowest BCUT2D eigenvalue weighted by Gasteiger charge is -2.16. The van der Waals surface area contributed by atoms with Crippen LogP contribution in [0.5, 0.6) is 0 Å². The number of amides is 3. The molecule has 2 N–H and O–H groups in total. The largest absolute Gasteiger partial charge is 0.348 e. The third-order valence-electron chi connectivity index (χ3n) is 5.30. The Hall–Kier alpha value is -4.53. The molecular weight excluding hydrogens is 449 g/mol. The van der Waals surface area contributed by atoms with Gasteiger partial charge in [-0.15, -0.1) is 0 Å². The number of benzene rings is 3. The number of carbonyl (C=O) groups excluding carboxylic acids is 2. The molecule has 1 aromatic heterocycles. The maximum absolute atomic E-state index is 13.7. The van der Waals surface area contributed by atoms with Gasteiger partial charge in [0, 0.05) is 48.9 Å². The lowest BCUT2D eigenvalue weighted by molar-refractivity contribution is 0.0950. The molecule has 4 rings (SSSR count). The molecule has 0 bridgehead atoms. The summed E-state index contributed by atoms with van der Waals surface area (Å²) in [5.74, 6) is 0.0991. The van der Waals surface area contributed by atoms with Crippen LogP contribution in [-0.4, -0.2) is 40.6 Å². The number of aromatic nitrogens is 2. The van der Waals surface area contributed by atoms with E-state index in [0.29, 0.717) is 41.4 Å². The van der Waals surface area contributed by atoms with Crippen molar-refractivity contribution in [3.05, 3.63) is 102 Å². The van der Waals surface area contributed by atoms with Crippen LogP contribution in [0.4, 0.5) is 14.9 Å². The fourth-order valence-corrected chi connectivity index (χ4v) is 3.27. The van der Waals surface area contributed by atoms with E-state index in [1.165, 1.54) is 11.0 Å². The van der Waals surface area contributed by atoms with Crippen LogP contribution in [0.15, 0.2) is 83.4 Å². The summed E-state index contributed by atoms with van der Waals surface area (Å²) in [4.78, 5) is 30.6. The number of likely N-dealkylation sites (N-methyl/N-ethyl adjacent to an activating group) is 1. The average Bonchev–Trinajstić information content (AvgIpc) is 3.36. The summed E-state index contributed by atoms with van der Waals surface area (Å²) in [6.45, 7) is 0.497. The third kappa shape index (κ3) is 6.29. The van der Waals surface area contributed by atoms with Crippen molar-refractivity contribution in [1.82, 2.24) is 20.4 Å². The van der Waals surface area contributed by atoms with Crippen LogP contribution >= 0.6 is 0 Å². The number of nitrogens with one attached hydrogen (secondary N) is 2. The lowest BCUT2D eigenvalue weighted by Crippen LogP contribution is -2.33. The second kappa shape index (κ2) is 11.1. The highest BCUT2D eigenvalue weighted by Crippen LogP contribution is 2.18. The van der Waals surface area contributed by atoms with Crippen molar-refractivity contribution in [1.29, 1.82) is 0 Å². The maximum atomic E-state index is 13.7. The Morgan fingerprint density at radius 1 is 0.971 bits per heavy atom. The van der Waals surface area contributed by atoms with Crippen LogP contribution in [0.2, 0.25) is 0 Å². The number of halogens is 1. The highest BCUT2D eigenvalue weighted by Gasteiger charge is 2.14. The Morgan fingerprint density at radius 2 is 1.69 bits per heavy atom. The van der Waals surface area contributed by atoms with Crippen molar-refractivity contribution in [3.8, 4) is 11.5 Å². The fourth-order valence-electron chi connectivity index (χ4n) is 3.27.